The highest BCUT2D eigenvalue weighted by Crippen LogP contribution is 2.39. The Bertz CT molecular complexity index is 1170. The summed E-state index contributed by atoms with van der Waals surface area (Å²) in [5, 5.41) is 22.0. The molecule has 0 radical (unpaired) electrons. The second-order valence-electron chi connectivity index (χ2n) is 8.33. The Hall–Kier alpha value is -4.04. The quantitative estimate of drug-likeness (QED) is 0.419. The summed E-state index contributed by atoms with van der Waals surface area (Å²) in [5.74, 6) is -8.71. The van der Waals surface area contributed by atoms with Gasteiger partial charge in [-0.1, -0.05) is 0 Å². The van der Waals surface area contributed by atoms with Crippen LogP contribution >= 0.6 is 0 Å². The highest BCUT2D eigenvalue weighted by atomic mass is 19.4. The number of hydrogen-bond acceptors (Lipinski definition) is 8. The summed E-state index contributed by atoms with van der Waals surface area (Å²) in [6, 6.07) is 0.251. The SMILES string of the molecule is Fc1cncc2cnc(OCC34CCCN3CCC4)nc12.O=C(O)C(F)(F)F.O=C(O)C(F)(F)F.O=C(O)C(F)(F)F. The van der Waals surface area contributed by atoms with E-state index in [-0.39, 0.29) is 17.1 Å². The van der Waals surface area contributed by atoms with Crippen LogP contribution in [0.2, 0.25) is 0 Å². The lowest BCUT2D eigenvalue weighted by atomic mass is 9.95. The lowest BCUT2D eigenvalue weighted by Crippen LogP contribution is -2.43. The summed E-state index contributed by atoms with van der Waals surface area (Å²) in [7, 11) is 0. The molecule has 0 aliphatic carbocycles. The van der Waals surface area contributed by atoms with Crippen molar-refractivity contribution in [2.75, 3.05) is 19.7 Å². The first-order valence-electron chi connectivity index (χ1n) is 11.1. The van der Waals surface area contributed by atoms with Crippen LogP contribution in [0.3, 0.4) is 0 Å². The number of alkyl halides is 9. The molecule has 42 heavy (non-hydrogen) atoms. The molecule has 2 saturated heterocycles. The van der Waals surface area contributed by atoms with E-state index >= 15 is 0 Å². The Morgan fingerprint density at radius 3 is 1.64 bits per heavy atom. The molecule has 3 N–H and O–H groups in total. The molecule has 0 atom stereocenters. The van der Waals surface area contributed by atoms with Gasteiger partial charge in [0.1, 0.15) is 12.1 Å². The third kappa shape index (κ3) is 11.1. The van der Waals surface area contributed by atoms with Gasteiger partial charge in [-0.05, 0) is 38.8 Å². The van der Waals surface area contributed by atoms with Crippen LogP contribution in [0, 0.1) is 5.82 Å². The minimum atomic E-state index is -5.08. The van der Waals surface area contributed by atoms with Crippen LogP contribution in [0.25, 0.3) is 10.9 Å². The zero-order valence-electron chi connectivity index (χ0n) is 20.7. The van der Waals surface area contributed by atoms with Gasteiger partial charge in [0.2, 0.25) is 0 Å². The first-order valence-corrected chi connectivity index (χ1v) is 11.1. The van der Waals surface area contributed by atoms with Crippen molar-refractivity contribution in [1.29, 1.82) is 0 Å². The molecular weight excluding hydrogens is 610 g/mol. The second kappa shape index (κ2) is 14.2. The fraction of sp³-hybridized carbons (Fsp3) is 0.524. The predicted octanol–water partition coefficient (Wildman–Crippen LogP) is 4.07. The van der Waals surface area contributed by atoms with Crippen molar-refractivity contribution in [3.05, 3.63) is 24.4 Å². The molecule has 2 aliphatic rings. The molecule has 0 saturated carbocycles. The number of rotatable bonds is 3. The molecule has 2 aromatic heterocycles. The van der Waals surface area contributed by atoms with Crippen LogP contribution in [0.1, 0.15) is 25.7 Å². The molecule has 4 heterocycles. The molecule has 2 aromatic rings. The van der Waals surface area contributed by atoms with Crippen molar-refractivity contribution in [2.45, 2.75) is 49.8 Å². The number of carboxylic acids is 3. The van der Waals surface area contributed by atoms with Gasteiger partial charge in [-0.15, -0.1) is 0 Å². The number of nitrogens with zero attached hydrogens (tertiary/aromatic N) is 4. The zero-order valence-corrected chi connectivity index (χ0v) is 20.7. The van der Waals surface area contributed by atoms with E-state index in [0.717, 1.165) is 19.3 Å². The summed E-state index contributed by atoms with van der Waals surface area (Å²) >= 11 is 0. The second-order valence-corrected chi connectivity index (χ2v) is 8.33. The van der Waals surface area contributed by atoms with E-state index in [1.165, 1.54) is 25.7 Å². The van der Waals surface area contributed by atoms with Crippen LogP contribution in [-0.2, 0) is 14.4 Å². The molecule has 0 aromatic carbocycles. The van der Waals surface area contributed by atoms with Gasteiger partial charge in [0, 0.05) is 17.8 Å². The molecule has 0 spiro atoms. The Morgan fingerprint density at radius 1 is 0.810 bits per heavy atom. The Balaban J connectivity index is 0.000000348. The third-order valence-corrected chi connectivity index (χ3v) is 5.43. The van der Waals surface area contributed by atoms with E-state index in [2.05, 4.69) is 19.9 Å². The number of fused-ring (bicyclic) bond motifs is 2. The van der Waals surface area contributed by atoms with Gasteiger partial charge >= 0.3 is 42.4 Å². The molecule has 2 aliphatic heterocycles. The van der Waals surface area contributed by atoms with Gasteiger partial charge in [0.25, 0.3) is 0 Å². The number of halogens is 10. The van der Waals surface area contributed by atoms with Crippen LogP contribution in [-0.4, -0.2) is 96.8 Å². The van der Waals surface area contributed by atoms with E-state index in [1.54, 1.807) is 12.4 Å². The minimum Gasteiger partial charge on any atom is -0.475 e. The summed E-state index contributed by atoms with van der Waals surface area (Å²) in [5.41, 5.74) is 0.414. The van der Waals surface area contributed by atoms with E-state index in [9.17, 15) is 43.9 Å². The maximum absolute atomic E-state index is 13.7. The smallest absolute Gasteiger partial charge is 0.475 e. The molecular formula is C21H20F10N4O7. The lowest BCUT2D eigenvalue weighted by Gasteiger charge is -2.31. The normalized spacial score (nSPS) is 16.0. The van der Waals surface area contributed by atoms with Crippen LogP contribution in [0.5, 0.6) is 6.01 Å². The number of pyridine rings is 1. The fourth-order valence-electron chi connectivity index (χ4n) is 3.63. The molecule has 0 bridgehead atoms. The maximum atomic E-state index is 13.7. The largest absolute Gasteiger partial charge is 0.490 e. The summed E-state index contributed by atoms with van der Waals surface area (Å²) in [6.07, 6.45) is -6.20. The van der Waals surface area contributed by atoms with E-state index in [0.29, 0.717) is 12.0 Å². The summed E-state index contributed by atoms with van der Waals surface area (Å²) in [6.45, 7) is 2.90. The topological polar surface area (TPSA) is 163 Å². The number of carboxylic acid groups (broad SMARTS) is 3. The lowest BCUT2D eigenvalue weighted by molar-refractivity contribution is -0.193. The highest BCUT2D eigenvalue weighted by Gasteiger charge is 2.45. The molecule has 2 fully saturated rings. The average Bonchev–Trinajstić information content (AvgIpc) is 3.43. The van der Waals surface area contributed by atoms with E-state index < -0.39 is 42.3 Å². The Labute approximate surface area is 227 Å². The standard InChI is InChI=1S/C15H17FN4O.3C2HF3O2/c16-12-9-17-7-11-8-18-14(19-13(11)12)21-10-15-3-1-5-20(15)6-2-4-15;3*3-2(4,5)1(6)7/h7-9H,1-6,10H2;3*(H,6,7). The maximum Gasteiger partial charge on any atom is 0.490 e. The number of ether oxygens (including phenoxy) is 1. The van der Waals surface area contributed by atoms with E-state index in [4.69, 9.17) is 34.4 Å². The number of aliphatic carboxylic acids is 3. The van der Waals surface area contributed by atoms with Crippen LogP contribution in [0.15, 0.2) is 18.6 Å². The van der Waals surface area contributed by atoms with Crippen LogP contribution in [0.4, 0.5) is 43.9 Å². The minimum absolute atomic E-state index is 0.148. The predicted molar refractivity (Wildman–Crippen MR) is 117 cm³/mol. The average molecular weight is 630 g/mol. The Kier molecular flexibility index (Phi) is 12.2. The fourth-order valence-corrected chi connectivity index (χ4v) is 3.63. The molecule has 0 amide bonds. The van der Waals surface area contributed by atoms with Crippen molar-refractivity contribution in [2.24, 2.45) is 0 Å². The van der Waals surface area contributed by atoms with Gasteiger partial charge in [-0.2, -0.15) is 44.5 Å². The first kappa shape index (κ1) is 36.0. The van der Waals surface area contributed by atoms with Gasteiger partial charge in [-0.3, -0.25) is 9.88 Å². The van der Waals surface area contributed by atoms with E-state index in [1.807, 2.05) is 0 Å². The van der Waals surface area contributed by atoms with Crippen LogP contribution < -0.4 is 4.74 Å². The molecule has 236 valence electrons. The monoisotopic (exact) mass is 630 g/mol. The van der Waals surface area contributed by atoms with Crippen molar-refractivity contribution in [3.63, 3.8) is 0 Å². The number of carbonyl (C=O) groups is 3. The van der Waals surface area contributed by atoms with Crippen molar-refractivity contribution >= 4 is 28.8 Å². The zero-order chi connectivity index (χ0) is 32.5. The molecule has 0 unspecified atom stereocenters. The van der Waals surface area contributed by atoms with Crippen molar-refractivity contribution in [1.82, 2.24) is 19.9 Å². The first-order chi connectivity index (χ1) is 19.1. The number of hydrogen-bond donors (Lipinski definition) is 3. The summed E-state index contributed by atoms with van der Waals surface area (Å²) in [4.78, 5) is 41.3. The van der Waals surface area contributed by atoms with Crippen molar-refractivity contribution in [3.8, 4) is 6.01 Å². The van der Waals surface area contributed by atoms with Gasteiger partial charge < -0.3 is 20.1 Å². The van der Waals surface area contributed by atoms with Gasteiger partial charge in [0.05, 0.1) is 11.7 Å². The molecule has 4 rings (SSSR count). The molecule has 11 nitrogen and oxygen atoms in total. The third-order valence-electron chi connectivity index (χ3n) is 5.43. The van der Waals surface area contributed by atoms with Gasteiger partial charge in [-0.25, -0.2) is 23.8 Å². The van der Waals surface area contributed by atoms with Gasteiger partial charge in [0.15, 0.2) is 5.82 Å². The number of aromatic nitrogens is 3. The summed E-state index contributed by atoms with van der Waals surface area (Å²) < 4.78 is 115. The Morgan fingerprint density at radius 2 is 1.24 bits per heavy atom. The van der Waals surface area contributed by atoms with Crippen molar-refractivity contribution < 1.29 is 78.3 Å². The molecule has 21 heteroatoms. The highest BCUT2D eigenvalue weighted by molar-refractivity contribution is 5.77.